The van der Waals surface area contributed by atoms with Gasteiger partial charge in [0.1, 0.15) is 0 Å². The summed E-state index contributed by atoms with van der Waals surface area (Å²) >= 11 is 0. The Kier molecular flexibility index (Phi) is 5.57. The van der Waals surface area contributed by atoms with Crippen LogP contribution in [0.2, 0.25) is 0 Å². The van der Waals surface area contributed by atoms with Gasteiger partial charge in [-0.1, -0.05) is 45.0 Å². The minimum Gasteiger partial charge on any atom is -0.314 e. The third-order valence-electron chi connectivity index (χ3n) is 3.95. The standard InChI is InChI=1S/C17H30N2/c1-7-14-8-10-15(11-9-14)16(2,3)12-19-13-17(4,5)18-6/h8-11,18-19H,7,12-13H2,1-6H3. The third kappa shape index (κ3) is 4.96. The van der Waals surface area contributed by atoms with E-state index in [-0.39, 0.29) is 11.0 Å². The van der Waals surface area contributed by atoms with Crippen molar-refractivity contribution < 1.29 is 0 Å². The van der Waals surface area contributed by atoms with E-state index in [2.05, 4.69) is 69.5 Å². The van der Waals surface area contributed by atoms with Gasteiger partial charge in [0, 0.05) is 24.0 Å². The molecule has 0 fully saturated rings. The van der Waals surface area contributed by atoms with Crippen LogP contribution < -0.4 is 10.6 Å². The SMILES string of the molecule is CCc1ccc(C(C)(C)CNCC(C)(C)NC)cc1. The number of hydrogen-bond acceptors (Lipinski definition) is 2. The third-order valence-corrected chi connectivity index (χ3v) is 3.95. The van der Waals surface area contributed by atoms with Crippen molar-refractivity contribution in [2.45, 2.75) is 52.0 Å². The Morgan fingerprint density at radius 2 is 1.53 bits per heavy atom. The van der Waals surface area contributed by atoms with Crippen LogP contribution in [-0.2, 0) is 11.8 Å². The van der Waals surface area contributed by atoms with E-state index in [1.54, 1.807) is 0 Å². The molecule has 0 atom stereocenters. The van der Waals surface area contributed by atoms with Gasteiger partial charge in [0.15, 0.2) is 0 Å². The van der Waals surface area contributed by atoms with Crippen molar-refractivity contribution in [2.75, 3.05) is 20.1 Å². The predicted octanol–water partition coefficient (Wildman–Crippen LogP) is 3.11. The second kappa shape index (κ2) is 6.53. The Bertz CT molecular complexity index is 377. The van der Waals surface area contributed by atoms with Gasteiger partial charge in [-0.2, -0.15) is 0 Å². The van der Waals surface area contributed by atoms with E-state index in [0.29, 0.717) is 0 Å². The number of nitrogens with one attached hydrogen (secondary N) is 2. The van der Waals surface area contributed by atoms with Gasteiger partial charge in [0.2, 0.25) is 0 Å². The van der Waals surface area contributed by atoms with Crippen LogP contribution >= 0.6 is 0 Å². The second-order valence-electron chi connectivity index (χ2n) is 6.67. The van der Waals surface area contributed by atoms with E-state index >= 15 is 0 Å². The first-order valence-electron chi connectivity index (χ1n) is 7.30. The molecule has 0 spiro atoms. The van der Waals surface area contributed by atoms with Gasteiger partial charge in [-0.05, 0) is 38.4 Å². The van der Waals surface area contributed by atoms with Crippen molar-refractivity contribution in [3.63, 3.8) is 0 Å². The van der Waals surface area contributed by atoms with Crippen molar-refractivity contribution in [1.82, 2.24) is 10.6 Å². The van der Waals surface area contributed by atoms with Crippen molar-refractivity contribution >= 4 is 0 Å². The normalized spacial score (nSPS) is 12.7. The van der Waals surface area contributed by atoms with Crippen LogP contribution in [0.5, 0.6) is 0 Å². The number of likely N-dealkylation sites (N-methyl/N-ethyl adjacent to an activating group) is 1. The van der Waals surface area contributed by atoms with Gasteiger partial charge in [-0.25, -0.2) is 0 Å². The molecule has 2 N–H and O–H groups in total. The summed E-state index contributed by atoms with van der Waals surface area (Å²) in [6.45, 7) is 13.2. The molecule has 0 radical (unpaired) electrons. The summed E-state index contributed by atoms with van der Waals surface area (Å²) < 4.78 is 0. The van der Waals surface area contributed by atoms with Crippen molar-refractivity contribution in [3.05, 3.63) is 35.4 Å². The van der Waals surface area contributed by atoms with Crippen LogP contribution in [0.15, 0.2) is 24.3 Å². The zero-order valence-corrected chi connectivity index (χ0v) is 13.4. The van der Waals surface area contributed by atoms with E-state index in [9.17, 15) is 0 Å². The van der Waals surface area contributed by atoms with Crippen molar-refractivity contribution in [2.24, 2.45) is 0 Å². The maximum absolute atomic E-state index is 3.58. The summed E-state index contributed by atoms with van der Waals surface area (Å²) in [6.07, 6.45) is 1.11. The summed E-state index contributed by atoms with van der Waals surface area (Å²) in [4.78, 5) is 0. The molecule has 2 nitrogen and oxygen atoms in total. The maximum atomic E-state index is 3.58. The molecule has 0 heterocycles. The fourth-order valence-corrected chi connectivity index (χ4v) is 2.07. The topological polar surface area (TPSA) is 24.1 Å². The number of aryl methyl sites for hydroxylation is 1. The van der Waals surface area contributed by atoms with E-state index < -0.39 is 0 Å². The van der Waals surface area contributed by atoms with Gasteiger partial charge in [0.25, 0.3) is 0 Å². The molecule has 108 valence electrons. The van der Waals surface area contributed by atoms with E-state index in [0.717, 1.165) is 19.5 Å². The molecule has 1 rings (SSSR count). The fraction of sp³-hybridized carbons (Fsp3) is 0.647. The summed E-state index contributed by atoms with van der Waals surface area (Å²) in [6, 6.07) is 9.02. The molecule has 19 heavy (non-hydrogen) atoms. The predicted molar refractivity (Wildman–Crippen MR) is 84.9 cm³/mol. The molecule has 0 bridgehead atoms. The van der Waals surface area contributed by atoms with Gasteiger partial charge < -0.3 is 10.6 Å². The summed E-state index contributed by atoms with van der Waals surface area (Å²) in [5.41, 5.74) is 3.11. The Morgan fingerprint density at radius 1 is 0.947 bits per heavy atom. The summed E-state index contributed by atoms with van der Waals surface area (Å²) in [5.74, 6) is 0. The first kappa shape index (κ1) is 16.2. The van der Waals surface area contributed by atoms with Crippen molar-refractivity contribution in [3.8, 4) is 0 Å². The smallest absolute Gasteiger partial charge is 0.0246 e. The lowest BCUT2D eigenvalue weighted by molar-refractivity contribution is 0.367. The largest absolute Gasteiger partial charge is 0.314 e. The molecule has 0 aromatic heterocycles. The van der Waals surface area contributed by atoms with Crippen LogP contribution in [0.4, 0.5) is 0 Å². The van der Waals surface area contributed by atoms with Gasteiger partial charge >= 0.3 is 0 Å². The monoisotopic (exact) mass is 262 g/mol. The molecule has 0 saturated carbocycles. The van der Waals surface area contributed by atoms with Gasteiger partial charge in [-0.3, -0.25) is 0 Å². The minimum absolute atomic E-state index is 0.141. The molecule has 1 aromatic carbocycles. The fourth-order valence-electron chi connectivity index (χ4n) is 2.07. The Labute approximate surface area is 119 Å². The number of rotatable bonds is 7. The van der Waals surface area contributed by atoms with Gasteiger partial charge in [-0.15, -0.1) is 0 Å². The Balaban J connectivity index is 2.59. The lowest BCUT2D eigenvalue weighted by Crippen LogP contribution is -2.48. The van der Waals surface area contributed by atoms with Gasteiger partial charge in [0.05, 0.1) is 0 Å². The first-order valence-corrected chi connectivity index (χ1v) is 7.30. The average Bonchev–Trinajstić information content (AvgIpc) is 2.38. The van der Waals surface area contributed by atoms with Crippen LogP contribution in [0.3, 0.4) is 0 Å². The highest BCUT2D eigenvalue weighted by Gasteiger charge is 2.22. The Hall–Kier alpha value is -0.860. The molecule has 0 amide bonds. The van der Waals surface area contributed by atoms with Crippen LogP contribution in [0, 0.1) is 0 Å². The lowest BCUT2D eigenvalue weighted by atomic mass is 9.84. The van der Waals surface area contributed by atoms with E-state index in [1.165, 1.54) is 11.1 Å². The molecule has 0 aliphatic rings. The lowest BCUT2D eigenvalue weighted by Gasteiger charge is -2.30. The quantitative estimate of drug-likeness (QED) is 0.789. The van der Waals surface area contributed by atoms with Crippen LogP contribution in [0.25, 0.3) is 0 Å². The summed E-state index contributed by atoms with van der Waals surface area (Å²) in [7, 11) is 2.01. The maximum Gasteiger partial charge on any atom is 0.0246 e. The highest BCUT2D eigenvalue weighted by atomic mass is 15.0. The van der Waals surface area contributed by atoms with E-state index in [4.69, 9.17) is 0 Å². The zero-order valence-electron chi connectivity index (χ0n) is 13.4. The molecular weight excluding hydrogens is 232 g/mol. The highest BCUT2D eigenvalue weighted by Crippen LogP contribution is 2.23. The average molecular weight is 262 g/mol. The molecular formula is C17H30N2. The zero-order chi connectivity index (χ0) is 14.5. The number of hydrogen-bond donors (Lipinski definition) is 2. The van der Waals surface area contributed by atoms with E-state index in [1.807, 2.05) is 7.05 Å². The molecule has 0 saturated heterocycles. The van der Waals surface area contributed by atoms with Crippen LogP contribution in [0.1, 0.15) is 45.7 Å². The molecule has 1 aromatic rings. The van der Waals surface area contributed by atoms with Crippen LogP contribution in [-0.4, -0.2) is 25.7 Å². The summed E-state index contributed by atoms with van der Waals surface area (Å²) in [5, 5.41) is 6.90. The highest BCUT2D eigenvalue weighted by molar-refractivity contribution is 5.28. The molecule has 0 aliphatic carbocycles. The molecule has 0 aliphatic heterocycles. The Morgan fingerprint density at radius 3 is 2.00 bits per heavy atom. The van der Waals surface area contributed by atoms with Crippen molar-refractivity contribution in [1.29, 1.82) is 0 Å². The molecule has 0 unspecified atom stereocenters. The minimum atomic E-state index is 0.141. The second-order valence-corrected chi connectivity index (χ2v) is 6.67. The first-order chi connectivity index (χ1) is 8.80. The number of benzene rings is 1. The molecule has 2 heteroatoms.